The Bertz CT molecular complexity index is 663. The van der Waals surface area contributed by atoms with Crippen molar-refractivity contribution in [2.45, 2.75) is 24.3 Å². The van der Waals surface area contributed by atoms with E-state index >= 15 is 0 Å². The molecule has 0 fully saturated rings. The van der Waals surface area contributed by atoms with Crippen molar-refractivity contribution in [3.05, 3.63) is 47.5 Å². The molecular formula is C20H26O2S2Se2. The first-order valence-electron chi connectivity index (χ1n) is 8.31. The van der Waals surface area contributed by atoms with Gasteiger partial charge < -0.3 is 0 Å². The maximum atomic E-state index is 5.71. The van der Waals surface area contributed by atoms with Gasteiger partial charge in [0, 0.05) is 0 Å². The van der Waals surface area contributed by atoms with Crippen LogP contribution in [0.2, 0.25) is 0 Å². The van der Waals surface area contributed by atoms with Crippen LogP contribution in [0.3, 0.4) is 0 Å². The fourth-order valence-electron chi connectivity index (χ4n) is 2.54. The second-order valence-corrected chi connectivity index (χ2v) is 14.1. The Labute approximate surface area is 177 Å². The number of hydrogen-bond donors (Lipinski definition) is 0. The summed E-state index contributed by atoms with van der Waals surface area (Å²) in [7, 11) is 3.56. The molecule has 2 nitrogen and oxygen atoms in total. The van der Waals surface area contributed by atoms with Crippen LogP contribution in [0.25, 0.3) is 0 Å². The van der Waals surface area contributed by atoms with E-state index < -0.39 is 0 Å². The molecule has 0 aromatic heterocycles. The average Bonchev–Trinajstić information content (AvgIpc) is 2.70. The molecule has 0 saturated carbocycles. The monoisotopic (exact) mass is 522 g/mol. The van der Waals surface area contributed by atoms with Crippen molar-refractivity contribution < 1.29 is 9.47 Å². The van der Waals surface area contributed by atoms with E-state index in [-0.39, 0.29) is 0 Å². The van der Waals surface area contributed by atoms with Gasteiger partial charge in [-0.1, -0.05) is 0 Å². The van der Waals surface area contributed by atoms with Gasteiger partial charge in [0.2, 0.25) is 0 Å². The van der Waals surface area contributed by atoms with Crippen LogP contribution >= 0.6 is 23.5 Å². The standard InChI is InChI=1S/C20H26O2S2Se2/c1-13(23-5)15-9-7-11-17(21-3)19(15)25-26-20-16(14(2)24-6)10-8-12-18(20)22-4/h7-14H,1-6H3/t13-,14-/m0/s1. The molecule has 0 saturated heterocycles. The fraction of sp³-hybridized carbons (Fsp3) is 0.400. The van der Waals surface area contributed by atoms with Gasteiger partial charge in [-0.05, 0) is 0 Å². The van der Waals surface area contributed by atoms with Gasteiger partial charge in [0.15, 0.2) is 0 Å². The Morgan fingerprint density at radius 2 is 1.12 bits per heavy atom. The van der Waals surface area contributed by atoms with Crippen molar-refractivity contribution in [1.29, 1.82) is 0 Å². The zero-order valence-corrected chi connectivity index (χ0v) is 21.1. The molecule has 0 unspecified atom stereocenters. The van der Waals surface area contributed by atoms with Crippen molar-refractivity contribution in [3.8, 4) is 11.5 Å². The van der Waals surface area contributed by atoms with Crippen LogP contribution < -0.4 is 18.4 Å². The van der Waals surface area contributed by atoms with Gasteiger partial charge >= 0.3 is 178 Å². The number of ether oxygens (including phenoxy) is 2. The first-order chi connectivity index (χ1) is 12.6. The first-order valence-corrected chi connectivity index (χ1v) is 16.9. The Hall–Kier alpha value is -0.221. The predicted molar refractivity (Wildman–Crippen MR) is 121 cm³/mol. The van der Waals surface area contributed by atoms with Crippen molar-refractivity contribution in [2.75, 3.05) is 26.7 Å². The SMILES string of the molecule is COc1cccc([C@H](C)SC)c1[Se][Se]c1c(OC)cccc1[C@H](C)SC. The van der Waals surface area contributed by atoms with E-state index in [1.165, 1.54) is 20.1 Å². The van der Waals surface area contributed by atoms with E-state index in [1.807, 2.05) is 23.5 Å². The second-order valence-electron chi connectivity index (χ2n) is 5.68. The summed E-state index contributed by atoms with van der Waals surface area (Å²) in [5.74, 6) is 2.05. The summed E-state index contributed by atoms with van der Waals surface area (Å²) in [6.45, 7) is 4.55. The van der Waals surface area contributed by atoms with Crippen LogP contribution in [-0.2, 0) is 0 Å². The molecule has 2 atom stereocenters. The summed E-state index contributed by atoms with van der Waals surface area (Å²) < 4.78 is 14.2. The zero-order valence-electron chi connectivity index (χ0n) is 16.1. The van der Waals surface area contributed by atoms with Gasteiger partial charge in [-0.3, -0.25) is 0 Å². The Balaban J connectivity index is 2.40. The van der Waals surface area contributed by atoms with Gasteiger partial charge in [-0.2, -0.15) is 0 Å². The minimum absolute atomic E-state index is 0.334. The molecule has 2 rings (SSSR count). The quantitative estimate of drug-likeness (QED) is 0.468. The third kappa shape index (κ3) is 5.19. The molecule has 6 heteroatoms. The number of methoxy groups -OCH3 is 2. The van der Waals surface area contributed by atoms with E-state index in [0.29, 0.717) is 36.8 Å². The van der Waals surface area contributed by atoms with Crippen LogP contribution in [0.1, 0.15) is 35.5 Å². The third-order valence-corrected chi connectivity index (χ3v) is 13.4. The summed E-state index contributed by atoms with van der Waals surface area (Å²) in [5, 5.41) is 0.945. The molecule has 26 heavy (non-hydrogen) atoms. The van der Waals surface area contributed by atoms with E-state index in [2.05, 4.69) is 62.8 Å². The normalized spacial score (nSPS) is 13.3. The van der Waals surface area contributed by atoms with Crippen LogP contribution in [0.15, 0.2) is 36.4 Å². The minimum atomic E-state index is 0.334. The molecule has 0 N–H and O–H groups in total. The van der Waals surface area contributed by atoms with Gasteiger partial charge in [-0.15, -0.1) is 0 Å². The number of rotatable bonds is 9. The molecule has 0 spiro atoms. The summed E-state index contributed by atoms with van der Waals surface area (Å²) in [4.78, 5) is 0. The molecule has 0 aliphatic carbocycles. The van der Waals surface area contributed by atoms with E-state index in [9.17, 15) is 0 Å². The average molecular weight is 520 g/mol. The van der Waals surface area contributed by atoms with Crippen LogP contribution in [-0.4, -0.2) is 53.0 Å². The number of thioether (sulfide) groups is 2. The summed E-state index contributed by atoms with van der Waals surface area (Å²) in [6, 6.07) is 12.9. The number of hydrogen-bond acceptors (Lipinski definition) is 4. The van der Waals surface area contributed by atoms with Crippen LogP contribution in [0.4, 0.5) is 0 Å². The van der Waals surface area contributed by atoms with Gasteiger partial charge in [0.25, 0.3) is 0 Å². The third-order valence-electron chi connectivity index (χ3n) is 4.25. The van der Waals surface area contributed by atoms with Crippen molar-refractivity contribution in [2.24, 2.45) is 0 Å². The zero-order chi connectivity index (χ0) is 19.1. The van der Waals surface area contributed by atoms with E-state index in [0.717, 1.165) is 11.5 Å². The Morgan fingerprint density at radius 3 is 1.42 bits per heavy atom. The molecule has 0 heterocycles. The number of benzene rings is 2. The summed E-state index contributed by atoms with van der Waals surface area (Å²) >= 11 is 4.44. The van der Waals surface area contributed by atoms with Crippen molar-refractivity contribution in [1.82, 2.24) is 0 Å². The molecule has 2 aromatic carbocycles. The summed E-state index contributed by atoms with van der Waals surface area (Å²) in [6.07, 6.45) is 4.34. The van der Waals surface area contributed by atoms with Crippen molar-refractivity contribution in [3.63, 3.8) is 0 Å². The van der Waals surface area contributed by atoms with E-state index in [1.54, 1.807) is 14.2 Å². The molecule has 0 aliphatic rings. The maximum absolute atomic E-state index is 5.71. The summed E-state index contributed by atoms with van der Waals surface area (Å²) in [5.41, 5.74) is 2.82. The van der Waals surface area contributed by atoms with Gasteiger partial charge in [0.1, 0.15) is 0 Å². The fourth-order valence-corrected chi connectivity index (χ4v) is 12.2. The van der Waals surface area contributed by atoms with Crippen LogP contribution in [0.5, 0.6) is 11.5 Å². The second kappa shape index (κ2) is 10.9. The topological polar surface area (TPSA) is 18.5 Å². The molecule has 0 radical (unpaired) electrons. The van der Waals surface area contributed by atoms with E-state index in [4.69, 9.17) is 9.47 Å². The predicted octanol–water partition coefficient (Wildman–Crippen LogP) is 3.83. The molecule has 2 aromatic rings. The molecule has 0 aliphatic heterocycles. The first kappa shape index (κ1) is 22.1. The molecule has 0 bridgehead atoms. The van der Waals surface area contributed by atoms with Gasteiger partial charge in [0.05, 0.1) is 0 Å². The molecular weight excluding hydrogens is 494 g/mol. The van der Waals surface area contributed by atoms with Crippen molar-refractivity contribution >= 4 is 58.7 Å². The Morgan fingerprint density at radius 1 is 0.731 bits per heavy atom. The molecule has 142 valence electrons. The van der Waals surface area contributed by atoms with Crippen LogP contribution in [0, 0.1) is 0 Å². The Kier molecular flexibility index (Phi) is 9.29. The molecule has 0 amide bonds. The van der Waals surface area contributed by atoms with Gasteiger partial charge in [-0.25, -0.2) is 0 Å².